The summed E-state index contributed by atoms with van der Waals surface area (Å²) in [6.07, 6.45) is 0. The van der Waals surface area contributed by atoms with Crippen LogP contribution < -0.4 is 10.5 Å². The Labute approximate surface area is 114 Å². The van der Waals surface area contributed by atoms with Gasteiger partial charge in [0.05, 0.1) is 11.3 Å². The molecule has 6 heteroatoms. The van der Waals surface area contributed by atoms with Crippen LogP contribution in [0.3, 0.4) is 0 Å². The van der Waals surface area contributed by atoms with Crippen LogP contribution in [0.2, 0.25) is 0 Å². The van der Waals surface area contributed by atoms with Gasteiger partial charge >= 0.3 is 5.97 Å². The average Bonchev–Trinajstić information content (AvgIpc) is 2.45. The Hall–Kier alpha value is -2.89. The summed E-state index contributed by atoms with van der Waals surface area (Å²) in [6.45, 7) is 0.0470. The minimum absolute atomic E-state index is 0.0470. The summed E-state index contributed by atoms with van der Waals surface area (Å²) in [6, 6.07) is 11.2. The van der Waals surface area contributed by atoms with E-state index >= 15 is 0 Å². The van der Waals surface area contributed by atoms with Crippen molar-refractivity contribution >= 4 is 11.9 Å². The summed E-state index contributed by atoms with van der Waals surface area (Å²) >= 11 is 0. The summed E-state index contributed by atoms with van der Waals surface area (Å²) in [5.41, 5.74) is 5.89. The van der Waals surface area contributed by atoms with Gasteiger partial charge in [0.1, 0.15) is 18.1 Å². The predicted molar refractivity (Wildman–Crippen MR) is 70.5 cm³/mol. The number of amides is 1. The number of hydrogen-bond donors (Lipinski definition) is 2. The zero-order valence-electron chi connectivity index (χ0n) is 10.4. The topological polar surface area (TPSA) is 103 Å². The molecule has 1 aromatic carbocycles. The SMILES string of the molecule is NC(=O)c1ccccc1OCc1cccc(C(=O)O)n1. The molecule has 0 spiro atoms. The van der Waals surface area contributed by atoms with Crippen LogP contribution >= 0.6 is 0 Å². The molecule has 0 aliphatic heterocycles. The number of nitrogens with two attached hydrogens (primary N) is 1. The van der Waals surface area contributed by atoms with Gasteiger partial charge in [-0.15, -0.1) is 0 Å². The molecule has 0 unspecified atom stereocenters. The Morgan fingerprint density at radius 3 is 2.60 bits per heavy atom. The van der Waals surface area contributed by atoms with E-state index in [2.05, 4.69) is 4.98 Å². The standard InChI is InChI=1S/C14H12N2O4/c15-13(17)10-5-1-2-7-12(10)20-8-9-4-3-6-11(16-9)14(18)19/h1-7H,8H2,(H2,15,17)(H,18,19). The fourth-order valence-corrected chi connectivity index (χ4v) is 1.63. The number of hydrogen-bond acceptors (Lipinski definition) is 4. The van der Waals surface area contributed by atoms with Gasteiger partial charge in [-0.05, 0) is 24.3 Å². The maximum Gasteiger partial charge on any atom is 0.354 e. The molecule has 0 aliphatic rings. The molecule has 3 N–H and O–H groups in total. The number of carbonyl (C=O) groups excluding carboxylic acids is 1. The normalized spacial score (nSPS) is 10.0. The summed E-state index contributed by atoms with van der Waals surface area (Å²) in [5, 5.41) is 8.85. The lowest BCUT2D eigenvalue weighted by molar-refractivity contribution is 0.0689. The van der Waals surface area contributed by atoms with Crippen molar-refractivity contribution in [1.82, 2.24) is 4.98 Å². The lowest BCUT2D eigenvalue weighted by atomic mass is 10.2. The smallest absolute Gasteiger partial charge is 0.354 e. The van der Waals surface area contributed by atoms with Crippen molar-refractivity contribution in [2.24, 2.45) is 5.73 Å². The van der Waals surface area contributed by atoms with Crippen molar-refractivity contribution in [2.45, 2.75) is 6.61 Å². The van der Waals surface area contributed by atoms with Crippen LogP contribution in [0.15, 0.2) is 42.5 Å². The molecule has 0 atom stereocenters. The van der Waals surface area contributed by atoms with Crippen molar-refractivity contribution in [1.29, 1.82) is 0 Å². The van der Waals surface area contributed by atoms with Crippen LogP contribution in [0.1, 0.15) is 26.5 Å². The Morgan fingerprint density at radius 2 is 1.90 bits per heavy atom. The fraction of sp³-hybridized carbons (Fsp3) is 0.0714. The summed E-state index contributed by atoms with van der Waals surface area (Å²) in [7, 11) is 0. The van der Waals surface area contributed by atoms with E-state index in [0.717, 1.165) is 0 Å². The Bertz CT molecular complexity index is 655. The molecule has 1 aromatic heterocycles. The number of carboxylic acids is 1. The van der Waals surface area contributed by atoms with Gasteiger partial charge in [-0.1, -0.05) is 18.2 Å². The minimum Gasteiger partial charge on any atom is -0.486 e. The van der Waals surface area contributed by atoms with Crippen LogP contribution in [-0.2, 0) is 6.61 Å². The van der Waals surface area contributed by atoms with E-state index in [9.17, 15) is 9.59 Å². The molecule has 0 fully saturated rings. The first-order valence-electron chi connectivity index (χ1n) is 5.79. The zero-order valence-corrected chi connectivity index (χ0v) is 10.4. The monoisotopic (exact) mass is 272 g/mol. The van der Waals surface area contributed by atoms with Crippen molar-refractivity contribution in [3.8, 4) is 5.75 Å². The molecule has 0 saturated carbocycles. The molecular formula is C14H12N2O4. The number of rotatable bonds is 5. The zero-order chi connectivity index (χ0) is 14.5. The number of para-hydroxylation sites is 1. The summed E-state index contributed by atoms with van der Waals surface area (Å²) < 4.78 is 5.46. The van der Waals surface area contributed by atoms with E-state index in [4.69, 9.17) is 15.6 Å². The number of carboxylic acid groups (broad SMARTS) is 1. The van der Waals surface area contributed by atoms with Crippen molar-refractivity contribution in [2.75, 3.05) is 0 Å². The second-order valence-corrected chi connectivity index (χ2v) is 3.97. The second-order valence-electron chi connectivity index (χ2n) is 3.97. The van der Waals surface area contributed by atoms with Crippen LogP contribution in [0.4, 0.5) is 0 Å². The van der Waals surface area contributed by atoms with E-state index < -0.39 is 11.9 Å². The number of pyridine rings is 1. The Balaban J connectivity index is 2.15. The number of benzene rings is 1. The number of nitrogens with zero attached hydrogens (tertiary/aromatic N) is 1. The van der Waals surface area contributed by atoms with Crippen LogP contribution in [0.25, 0.3) is 0 Å². The van der Waals surface area contributed by atoms with E-state index in [1.54, 1.807) is 36.4 Å². The van der Waals surface area contributed by atoms with E-state index in [1.807, 2.05) is 0 Å². The van der Waals surface area contributed by atoms with Crippen molar-refractivity contribution in [3.63, 3.8) is 0 Å². The lowest BCUT2D eigenvalue weighted by Crippen LogP contribution is -2.13. The second kappa shape index (κ2) is 5.83. The van der Waals surface area contributed by atoms with E-state index in [-0.39, 0.29) is 17.9 Å². The highest BCUT2D eigenvalue weighted by molar-refractivity contribution is 5.95. The number of ether oxygens (including phenoxy) is 1. The lowest BCUT2D eigenvalue weighted by Gasteiger charge is -2.09. The first-order valence-corrected chi connectivity index (χ1v) is 5.79. The average molecular weight is 272 g/mol. The fourth-order valence-electron chi connectivity index (χ4n) is 1.63. The van der Waals surface area contributed by atoms with Gasteiger partial charge in [0.25, 0.3) is 5.91 Å². The minimum atomic E-state index is -1.11. The van der Waals surface area contributed by atoms with E-state index in [0.29, 0.717) is 11.4 Å². The first kappa shape index (κ1) is 13.5. The summed E-state index contributed by atoms with van der Waals surface area (Å²) in [4.78, 5) is 26.0. The van der Waals surface area contributed by atoms with Gasteiger partial charge in [-0.25, -0.2) is 9.78 Å². The highest BCUT2D eigenvalue weighted by Gasteiger charge is 2.09. The molecule has 102 valence electrons. The van der Waals surface area contributed by atoms with Crippen LogP contribution in [-0.4, -0.2) is 22.0 Å². The molecule has 1 amide bonds. The Morgan fingerprint density at radius 1 is 1.15 bits per heavy atom. The number of aromatic carboxylic acids is 1. The van der Waals surface area contributed by atoms with Gasteiger partial charge in [0, 0.05) is 0 Å². The summed E-state index contributed by atoms with van der Waals surface area (Å²) in [5.74, 6) is -1.36. The van der Waals surface area contributed by atoms with Crippen LogP contribution in [0, 0.1) is 0 Å². The predicted octanol–water partition coefficient (Wildman–Crippen LogP) is 1.46. The quantitative estimate of drug-likeness (QED) is 0.857. The molecule has 0 bridgehead atoms. The molecule has 6 nitrogen and oxygen atoms in total. The van der Waals surface area contributed by atoms with Gasteiger partial charge in [0.2, 0.25) is 0 Å². The van der Waals surface area contributed by atoms with E-state index in [1.165, 1.54) is 6.07 Å². The largest absolute Gasteiger partial charge is 0.486 e. The van der Waals surface area contributed by atoms with Gasteiger partial charge in [-0.3, -0.25) is 4.79 Å². The number of carbonyl (C=O) groups is 2. The highest BCUT2D eigenvalue weighted by Crippen LogP contribution is 2.18. The molecule has 20 heavy (non-hydrogen) atoms. The number of primary amides is 1. The molecule has 2 rings (SSSR count). The van der Waals surface area contributed by atoms with Gasteiger partial charge in [-0.2, -0.15) is 0 Å². The molecule has 0 aliphatic carbocycles. The van der Waals surface area contributed by atoms with Gasteiger partial charge in [0.15, 0.2) is 0 Å². The van der Waals surface area contributed by atoms with Gasteiger partial charge < -0.3 is 15.6 Å². The maximum absolute atomic E-state index is 11.2. The van der Waals surface area contributed by atoms with Crippen molar-refractivity contribution < 1.29 is 19.4 Å². The van der Waals surface area contributed by atoms with Crippen LogP contribution in [0.5, 0.6) is 5.75 Å². The molecule has 1 heterocycles. The number of aromatic nitrogens is 1. The third kappa shape index (κ3) is 3.11. The Kier molecular flexibility index (Phi) is 3.95. The maximum atomic E-state index is 11.2. The molecule has 0 saturated heterocycles. The van der Waals surface area contributed by atoms with Crippen molar-refractivity contribution in [3.05, 3.63) is 59.4 Å². The molecule has 0 radical (unpaired) electrons. The third-order valence-corrected chi connectivity index (χ3v) is 2.55. The first-order chi connectivity index (χ1) is 9.58. The third-order valence-electron chi connectivity index (χ3n) is 2.55. The molecular weight excluding hydrogens is 260 g/mol. The highest BCUT2D eigenvalue weighted by atomic mass is 16.5. The molecule has 2 aromatic rings.